The number of ether oxygens (including phenoxy) is 2. The summed E-state index contributed by atoms with van der Waals surface area (Å²) < 4.78 is 10.9. The third kappa shape index (κ3) is 4.58. The Morgan fingerprint density at radius 3 is 2.62 bits per heavy atom. The molecule has 168 valence electrons. The Bertz CT molecular complexity index is 1080. The average molecular weight is 434 g/mol. The van der Waals surface area contributed by atoms with Crippen molar-refractivity contribution in [2.75, 3.05) is 37.6 Å². The number of anilines is 2. The predicted octanol–water partition coefficient (Wildman–Crippen LogP) is 4.19. The second kappa shape index (κ2) is 9.20. The molecule has 1 aromatic heterocycles. The van der Waals surface area contributed by atoms with E-state index in [4.69, 9.17) is 19.4 Å². The van der Waals surface area contributed by atoms with Gasteiger partial charge in [0.15, 0.2) is 11.5 Å². The monoisotopic (exact) mass is 433 g/mol. The van der Waals surface area contributed by atoms with E-state index < -0.39 is 0 Å². The summed E-state index contributed by atoms with van der Waals surface area (Å²) in [4.78, 5) is 11.5. The van der Waals surface area contributed by atoms with Crippen molar-refractivity contribution in [3.63, 3.8) is 0 Å². The molecule has 7 heteroatoms. The Labute approximate surface area is 189 Å². The summed E-state index contributed by atoms with van der Waals surface area (Å²) in [5, 5.41) is 8.30. The Morgan fingerprint density at radius 2 is 1.78 bits per heavy atom. The maximum atomic E-state index is 5.48. The lowest BCUT2D eigenvalue weighted by molar-refractivity contribution is 0.174. The zero-order valence-corrected chi connectivity index (χ0v) is 18.8. The lowest BCUT2D eigenvalue weighted by Gasteiger charge is -2.29. The van der Waals surface area contributed by atoms with Gasteiger partial charge in [-0.2, -0.15) is 4.98 Å². The molecule has 7 nitrogen and oxygen atoms in total. The summed E-state index contributed by atoms with van der Waals surface area (Å²) in [5.41, 5.74) is 2.22. The number of para-hydroxylation sites is 1. The van der Waals surface area contributed by atoms with Gasteiger partial charge < -0.3 is 25.0 Å². The maximum absolute atomic E-state index is 5.48. The van der Waals surface area contributed by atoms with Crippen LogP contribution in [0, 0.1) is 5.92 Å². The minimum Gasteiger partial charge on any atom is -0.454 e. The fraction of sp³-hybridized carbons (Fsp3) is 0.440. The Balaban J connectivity index is 1.11. The molecule has 1 aliphatic heterocycles. The highest BCUT2D eigenvalue weighted by molar-refractivity contribution is 5.90. The van der Waals surface area contributed by atoms with Crippen LogP contribution in [-0.2, 0) is 6.54 Å². The van der Waals surface area contributed by atoms with E-state index in [0.717, 1.165) is 47.3 Å². The molecule has 0 atom stereocenters. The van der Waals surface area contributed by atoms with Crippen molar-refractivity contribution in [3.05, 3.63) is 48.0 Å². The molecule has 0 amide bonds. The fourth-order valence-corrected chi connectivity index (χ4v) is 4.60. The lowest BCUT2D eigenvalue weighted by Crippen LogP contribution is -2.34. The molecule has 0 radical (unpaired) electrons. The van der Waals surface area contributed by atoms with Gasteiger partial charge in [0.05, 0.1) is 5.52 Å². The van der Waals surface area contributed by atoms with Crippen LogP contribution in [0.1, 0.15) is 31.2 Å². The number of aromatic nitrogens is 2. The second-order valence-electron chi connectivity index (χ2n) is 8.95. The van der Waals surface area contributed by atoms with Crippen molar-refractivity contribution in [3.8, 4) is 11.5 Å². The highest BCUT2D eigenvalue weighted by Gasteiger charge is 2.22. The summed E-state index contributed by atoms with van der Waals surface area (Å²) in [7, 11) is 4.05. The van der Waals surface area contributed by atoms with E-state index in [1.54, 1.807) is 0 Å². The van der Waals surface area contributed by atoms with Gasteiger partial charge in [0, 0.05) is 38.6 Å². The third-order valence-electron chi connectivity index (χ3n) is 6.43. The number of hydrogen-bond donors (Lipinski definition) is 2. The molecule has 2 aromatic carbocycles. The van der Waals surface area contributed by atoms with Crippen molar-refractivity contribution in [2.45, 2.75) is 38.3 Å². The van der Waals surface area contributed by atoms with Crippen molar-refractivity contribution >= 4 is 22.7 Å². The van der Waals surface area contributed by atoms with E-state index in [1.165, 1.54) is 31.2 Å². The first-order chi connectivity index (χ1) is 15.7. The van der Waals surface area contributed by atoms with E-state index in [-0.39, 0.29) is 0 Å². The summed E-state index contributed by atoms with van der Waals surface area (Å²) in [5.74, 6) is 4.02. The minimum absolute atomic E-state index is 0.324. The molecular formula is C25H31N5O2. The second-order valence-corrected chi connectivity index (χ2v) is 8.95. The van der Waals surface area contributed by atoms with Crippen molar-refractivity contribution in [1.29, 1.82) is 0 Å². The number of fused-ring (bicyclic) bond motifs is 2. The van der Waals surface area contributed by atoms with Crippen LogP contribution in [0.4, 0.5) is 11.8 Å². The van der Waals surface area contributed by atoms with Crippen LogP contribution in [0.3, 0.4) is 0 Å². The van der Waals surface area contributed by atoms with Gasteiger partial charge in [-0.15, -0.1) is 0 Å². The Kier molecular flexibility index (Phi) is 5.99. The molecule has 0 spiro atoms. The van der Waals surface area contributed by atoms with Crippen LogP contribution >= 0.6 is 0 Å². The SMILES string of the molecule is CN(C)c1nc(NCC2CCC(NCc3ccc4c(c3)OCO4)CC2)nc2ccccc12. The van der Waals surface area contributed by atoms with Gasteiger partial charge in [-0.1, -0.05) is 18.2 Å². The topological polar surface area (TPSA) is 71.5 Å². The average Bonchev–Trinajstić information content (AvgIpc) is 3.29. The molecule has 1 fully saturated rings. The van der Waals surface area contributed by atoms with Crippen molar-refractivity contribution < 1.29 is 9.47 Å². The number of benzene rings is 2. The van der Waals surface area contributed by atoms with E-state index in [1.807, 2.05) is 43.3 Å². The maximum Gasteiger partial charge on any atom is 0.231 e. The molecule has 0 saturated heterocycles. The van der Waals surface area contributed by atoms with Gasteiger partial charge in [0.25, 0.3) is 0 Å². The van der Waals surface area contributed by atoms with Crippen LogP contribution in [0.25, 0.3) is 10.9 Å². The number of nitrogens with zero attached hydrogens (tertiary/aromatic N) is 3. The predicted molar refractivity (Wildman–Crippen MR) is 128 cm³/mol. The molecule has 0 bridgehead atoms. The molecule has 3 aromatic rings. The minimum atomic E-state index is 0.324. The first kappa shape index (κ1) is 20.8. The molecule has 2 N–H and O–H groups in total. The Hall–Kier alpha value is -3.06. The molecule has 32 heavy (non-hydrogen) atoms. The van der Waals surface area contributed by atoms with Gasteiger partial charge in [0.2, 0.25) is 12.7 Å². The quantitative estimate of drug-likeness (QED) is 0.579. The summed E-state index contributed by atoms with van der Waals surface area (Å²) in [6.07, 6.45) is 4.80. The van der Waals surface area contributed by atoms with Crippen LogP contribution in [0.15, 0.2) is 42.5 Å². The van der Waals surface area contributed by atoms with Crippen molar-refractivity contribution in [1.82, 2.24) is 15.3 Å². The van der Waals surface area contributed by atoms with Crippen LogP contribution < -0.4 is 25.0 Å². The van der Waals surface area contributed by atoms with E-state index in [0.29, 0.717) is 18.8 Å². The standard InChI is InChI=1S/C25H31N5O2/c1-30(2)24-20-5-3-4-6-21(20)28-25(29-24)27-14-17-7-10-19(11-8-17)26-15-18-9-12-22-23(13-18)32-16-31-22/h3-6,9,12-13,17,19,26H,7-8,10-11,14-16H2,1-2H3,(H,27,28,29). The zero-order chi connectivity index (χ0) is 21.9. The molecule has 2 heterocycles. The van der Waals surface area contributed by atoms with Crippen molar-refractivity contribution in [2.24, 2.45) is 5.92 Å². The molecular weight excluding hydrogens is 402 g/mol. The van der Waals surface area contributed by atoms with Crippen LogP contribution in [0.5, 0.6) is 11.5 Å². The molecule has 2 aliphatic rings. The van der Waals surface area contributed by atoms with E-state index >= 15 is 0 Å². The van der Waals surface area contributed by atoms with Gasteiger partial charge in [-0.3, -0.25) is 0 Å². The summed E-state index contributed by atoms with van der Waals surface area (Å²) >= 11 is 0. The summed E-state index contributed by atoms with van der Waals surface area (Å²) in [6, 6.07) is 14.9. The van der Waals surface area contributed by atoms with Gasteiger partial charge in [-0.25, -0.2) is 4.98 Å². The first-order valence-electron chi connectivity index (χ1n) is 11.5. The van der Waals surface area contributed by atoms with E-state index in [2.05, 4.69) is 28.8 Å². The lowest BCUT2D eigenvalue weighted by atomic mass is 9.86. The van der Waals surface area contributed by atoms with Gasteiger partial charge in [0.1, 0.15) is 5.82 Å². The molecule has 1 aliphatic carbocycles. The van der Waals surface area contributed by atoms with E-state index in [9.17, 15) is 0 Å². The third-order valence-corrected chi connectivity index (χ3v) is 6.43. The van der Waals surface area contributed by atoms with Crippen LogP contribution in [0.2, 0.25) is 0 Å². The van der Waals surface area contributed by atoms with Gasteiger partial charge in [-0.05, 0) is 61.4 Å². The summed E-state index contributed by atoms with van der Waals surface area (Å²) in [6.45, 7) is 2.10. The highest BCUT2D eigenvalue weighted by atomic mass is 16.7. The Morgan fingerprint density at radius 1 is 0.969 bits per heavy atom. The number of rotatable bonds is 7. The number of nitrogens with one attached hydrogen (secondary N) is 2. The smallest absolute Gasteiger partial charge is 0.231 e. The number of hydrogen-bond acceptors (Lipinski definition) is 7. The highest BCUT2D eigenvalue weighted by Crippen LogP contribution is 2.33. The largest absolute Gasteiger partial charge is 0.454 e. The molecule has 0 unspecified atom stereocenters. The fourth-order valence-electron chi connectivity index (χ4n) is 4.60. The first-order valence-corrected chi connectivity index (χ1v) is 11.5. The van der Waals surface area contributed by atoms with Gasteiger partial charge >= 0.3 is 0 Å². The molecule has 5 rings (SSSR count). The zero-order valence-electron chi connectivity index (χ0n) is 18.8. The van der Waals surface area contributed by atoms with Crippen LogP contribution in [-0.4, -0.2) is 43.4 Å². The normalized spacial score (nSPS) is 19.8. The molecule has 1 saturated carbocycles.